The van der Waals surface area contributed by atoms with Crippen LogP contribution >= 0.6 is 0 Å². The topological polar surface area (TPSA) is 59.8 Å². The van der Waals surface area contributed by atoms with Gasteiger partial charge in [0.1, 0.15) is 0 Å². The van der Waals surface area contributed by atoms with Crippen LogP contribution < -0.4 is 11.4 Å². The van der Waals surface area contributed by atoms with Gasteiger partial charge >= 0.3 is 11.4 Å². The summed E-state index contributed by atoms with van der Waals surface area (Å²) in [5.74, 6) is 0. The number of hydrogen-bond donors (Lipinski definition) is 1. The number of aromatic nitrogens is 3. The molecule has 0 saturated heterocycles. The van der Waals surface area contributed by atoms with E-state index in [-0.39, 0.29) is 11.4 Å². The first-order valence-corrected chi connectivity index (χ1v) is 5.82. The molecule has 0 atom stereocenters. The Morgan fingerprint density at radius 1 is 1.06 bits per heavy atom. The van der Waals surface area contributed by atoms with Gasteiger partial charge in [-0.25, -0.2) is 23.9 Å². The lowest BCUT2D eigenvalue weighted by atomic mass is 10.0. The summed E-state index contributed by atoms with van der Waals surface area (Å²) in [5, 5.41) is 2.53. The molecule has 0 aliphatic heterocycles. The Morgan fingerprint density at radius 3 is 2.22 bits per heavy atom. The fourth-order valence-corrected chi connectivity index (χ4v) is 1.97. The van der Waals surface area contributed by atoms with Crippen LogP contribution in [0.15, 0.2) is 21.7 Å². The molecular formula is C13H17N3O2. The van der Waals surface area contributed by atoms with Crippen LogP contribution in [-0.2, 0) is 13.6 Å². The zero-order valence-electron chi connectivity index (χ0n) is 11.1. The molecule has 1 aromatic carbocycles. The molecule has 0 saturated carbocycles. The molecule has 1 heterocycles. The third kappa shape index (κ3) is 2.03. The van der Waals surface area contributed by atoms with Crippen LogP contribution in [0, 0.1) is 20.8 Å². The van der Waals surface area contributed by atoms with E-state index in [1.165, 1.54) is 22.9 Å². The molecule has 1 aromatic heterocycles. The van der Waals surface area contributed by atoms with E-state index in [4.69, 9.17) is 0 Å². The maximum absolute atomic E-state index is 11.8. The van der Waals surface area contributed by atoms with E-state index in [2.05, 4.69) is 24.2 Å². The normalized spacial score (nSPS) is 10.9. The van der Waals surface area contributed by atoms with Gasteiger partial charge < -0.3 is 0 Å². The maximum Gasteiger partial charge on any atom is 0.346 e. The lowest BCUT2D eigenvalue weighted by Gasteiger charge is -2.09. The van der Waals surface area contributed by atoms with Gasteiger partial charge in [-0.3, -0.25) is 0 Å². The Labute approximate surface area is 105 Å². The number of benzene rings is 1. The van der Waals surface area contributed by atoms with Crippen LogP contribution in [0.5, 0.6) is 0 Å². The van der Waals surface area contributed by atoms with Gasteiger partial charge in [0.15, 0.2) is 0 Å². The highest BCUT2D eigenvalue weighted by atomic mass is 16.2. The SMILES string of the molecule is Cc1cc(C)c(Cn2[nH]c(=O)n(C)c2=O)cc1C. The summed E-state index contributed by atoms with van der Waals surface area (Å²) in [5.41, 5.74) is 3.86. The summed E-state index contributed by atoms with van der Waals surface area (Å²) >= 11 is 0. The van der Waals surface area contributed by atoms with E-state index in [1.54, 1.807) is 0 Å². The maximum atomic E-state index is 11.8. The van der Waals surface area contributed by atoms with Crippen molar-refractivity contribution in [3.8, 4) is 0 Å². The summed E-state index contributed by atoms with van der Waals surface area (Å²) in [6, 6.07) is 4.15. The third-order valence-electron chi connectivity index (χ3n) is 3.33. The minimum atomic E-state index is -0.388. The number of aromatic amines is 1. The van der Waals surface area contributed by atoms with Gasteiger partial charge in [-0.05, 0) is 43.0 Å². The Morgan fingerprint density at radius 2 is 1.67 bits per heavy atom. The fraction of sp³-hybridized carbons (Fsp3) is 0.385. The summed E-state index contributed by atoms with van der Waals surface area (Å²) in [6.07, 6.45) is 0. The largest absolute Gasteiger partial charge is 0.346 e. The van der Waals surface area contributed by atoms with E-state index in [0.717, 1.165) is 15.7 Å². The van der Waals surface area contributed by atoms with Crippen molar-refractivity contribution in [1.82, 2.24) is 14.3 Å². The van der Waals surface area contributed by atoms with E-state index in [1.807, 2.05) is 13.8 Å². The van der Waals surface area contributed by atoms with E-state index in [9.17, 15) is 9.59 Å². The minimum Gasteiger partial charge on any atom is -0.246 e. The van der Waals surface area contributed by atoms with Crippen LogP contribution in [0.2, 0.25) is 0 Å². The van der Waals surface area contributed by atoms with E-state index in [0.29, 0.717) is 6.54 Å². The third-order valence-corrected chi connectivity index (χ3v) is 3.33. The number of H-pyrrole nitrogens is 1. The van der Waals surface area contributed by atoms with Crippen molar-refractivity contribution in [2.75, 3.05) is 0 Å². The lowest BCUT2D eigenvalue weighted by Crippen LogP contribution is -2.26. The first-order chi connectivity index (χ1) is 8.40. The van der Waals surface area contributed by atoms with Crippen molar-refractivity contribution in [2.45, 2.75) is 27.3 Å². The standard InChI is InChI=1S/C13H17N3O2/c1-8-5-10(3)11(6-9(8)2)7-16-13(18)15(4)12(17)14-16/h5-6H,7H2,1-4H3,(H,14,17). The number of nitrogens with zero attached hydrogens (tertiary/aromatic N) is 2. The molecule has 0 fully saturated rings. The smallest absolute Gasteiger partial charge is 0.246 e. The monoisotopic (exact) mass is 247 g/mol. The number of hydrogen-bond acceptors (Lipinski definition) is 2. The molecule has 0 aliphatic carbocycles. The molecular weight excluding hydrogens is 230 g/mol. The Hall–Kier alpha value is -2.04. The van der Waals surface area contributed by atoms with Crippen LogP contribution in [0.1, 0.15) is 22.3 Å². The second-order valence-electron chi connectivity index (χ2n) is 4.71. The van der Waals surface area contributed by atoms with Gasteiger partial charge in [0.05, 0.1) is 6.54 Å². The number of aryl methyl sites for hydroxylation is 3. The average Bonchev–Trinajstić information content (AvgIpc) is 2.54. The second-order valence-corrected chi connectivity index (χ2v) is 4.71. The molecule has 18 heavy (non-hydrogen) atoms. The highest BCUT2D eigenvalue weighted by molar-refractivity contribution is 5.36. The van der Waals surface area contributed by atoms with Crippen molar-refractivity contribution in [2.24, 2.45) is 7.05 Å². The highest BCUT2D eigenvalue weighted by Gasteiger charge is 2.08. The lowest BCUT2D eigenvalue weighted by molar-refractivity contribution is 0.643. The van der Waals surface area contributed by atoms with Crippen molar-refractivity contribution in [3.63, 3.8) is 0 Å². The van der Waals surface area contributed by atoms with Gasteiger partial charge in [0.25, 0.3) is 0 Å². The quantitative estimate of drug-likeness (QED) is 0.855. The van der Waals surface area contributed by atoms with Gasteiger partial charge in [-0.1, -0.05) is 12.1 Å². The minimum absolute atomic E-state index is 0.322. The van der Waals surface area contributed by atoms with Crippen LogP contribution in [0.3, 0.4) is 0 Å². The summed E-state index contributed by atoms with van der Waals surface area (Å²) in [7, 11) is 1.46. The summed E-state index contributed by atoms with van der Waals surface area (Å²) in [4.78, 5) is 23.1. The molecule has 2 aromatic rings. The molecule has 2 rings (SSSR count). The fourth-order valence-electron chi connectivity index (χ4n) is 1.97. The molecule has 5 nitrogen and oxygen atoms in total. The molecule has 5 heteroatoms. The Bertz CT molecular complexity index is 704. The van der Waals surface area contributed by atoms with Gasteiger partial charge in [0.2, 0.25) is 0 Å². The summed E-state index contributed by atoms with van der Waals surface area (Å²) in [6.45, 7) is 6.49. The molecule has 0 aliphatic rings. The zero-order chi connectivity index (χ0) is 13.4. The predicted octanol–water partition coefficient (Wildman–Crippen LogP) is 0.849. The first kappa shape index (κ1) is 12.4. The predicted molar refractivity (Wildman–Crippen MR) is 70.0 cm³/mol. The molecule has 0 amide bonds. The molecule has 0 radical (unpaired) electrons. The van der Waals surface area contributed by atoms with Crippen molar-refractivity contribution in [1.29, 1.82) is 0 Å². The van der Waals surface area contributed by atoms with Gasteiger partial charge in [-0.15, -0.1) is 0 Å². The van der Waals surface area contributed by atoms with Gasteiger partial charge in [-0.2, -0.15) is 0 Å². The molecule has 1 N–H and O–H groups in total. The van der Waals surface area contributed by atoms with E-state index >= 15 is 0 Å². The zero-order valence-corrected chi connectivity index (χ0v) is 11.1. The van der Waals surface area contributed by atoms with Crippen molar-refractivity contribution in [3.05, 3.63) is 55.4 Å². The molecule has 0 spiro atoms. The molecule has 0 unspecified atom stereocenters. The average molecular weight is 247 g/mol. The Kier molecular flexibility index (Phi) is 2.98. The van der Waals surface area contributed by atoms with Crippen LogP contribution in [0.4, 0.5) is 0 Å². The van der Waals surface area contributed by atoms with E-state index < -0.39 is 0 Å². The first-order valence-electron chi connectivity index (χ1n) is 5.82. The molecule has 0 bridgehead atoms. The van der Waals surface area contributed by atoms with Crippen LogP contribution in [-0.4, -0.2) is 14.3 Å². The second kappa shape index (κ2) is 4.33. The van der Waals surface area contributed by atoms with Crippen molar-refractivity contribution >= 4 is 0 Å². The number of nitrogens with one attached hydrogen (secondary N) is 1. The summed E-state index contributed by atoms with van der Waals surface area (Å²) < 4.78 is 2.40. The number of rotatable bonds is 2. The van der Waals surface area contributed by atoms with Crippen molar-refractivity contribution < 1.29 is 0 Å². The highest BCUT2D eigenvalue weighted by Crippen LogP contribution is 2.15. The van der Waals surface area contributed by atoms with Gasteiger partial charge in [0, 0.05) is 7.05 Å². The van der Waals surface area contributed by atoms with Crippen LogP contribution in [0.25, 0.3) is 0 Å². The molecule has 96 valence electrons. The Balaban J connectivity index is 2.46.